The minimum Gasteiger partial charge on any atom is -0.388 e. The molecule has 0 aliphatic carbocycles. The van der Waals surface area contributed by atoms with Crippen molar-refractivity contribution in [2.45, 2.75) is 77.7 Å². The van der Waals surface area contributed by atoms with Crippen LogP contribution in [0.4, 0.5) is 0 Å². The lowest BCUT2D eigenvalue weighted by atomic mass is 10.1. The molecule has 0 aliphatic heterocycles. The van der Waals surface area contributed by atoms with Crippen LogP contribution in [0.2, 0.25) is 0 Å². The third-order valence-electron chi connectivity index (χ3n) is 3.69. The van der Waals surface area contributed by atoms with Gasteiger partial charge in [-0.1, -0.05) is 69.2 Å². The first kappa shape index (κ1) is 24.1. The van der Waals surface area contributed by atoms with Crippen molar-refractivity contribution in [1.82, 2.24) is 0 Å². The van der Waals surface area contributed by atoms with Gasteiger partial charge in [0.25, 0.3) is 0 Å². The normalized spacial score (nSPS) is 12.9. The Morgan fingerprint density at radius 2 is 1.54 bits per heavy atom. The van der Waals surface area contributed by atoms with Gasteiger partial charge in [0.15, 0.2) is 6.10 Å². The smallest absolute Gasteiger partial charge is 0.342 e. The lowest BCUT2D eigenvalue weighted by molar-refractivity contribution is -0.163. The molecule has 0 saturated carbocycles. The maximum absolute atomic E-state index is 11.5. The van der Waals surface area contributed by atoms with Crippen LogP contribution in [0.1, 0.15) is 71.6 Å². The molecule has 4 nitrogen and oxygen atoms in total. The molecule has 0 aromatic heterocycles. The van der Waals surface area contributed by atoms with Crippen LogP contribution < -0.4 is 0 Å². The van der Waals surface area contributed by atoms with E-state index in [1.54, 1.807) is 0 Å². The zero-order chi connectivity index (χ0) is 19.6. The number of carbonyl (C=O) groups is 2. The molecule has 0 spiro atoms. The molecule has 1 unspecified atom stereocenters. The van der Waals surface area contributed by atoms with Crippen molar-refractivity contribution in [3.05, 3.63) is 48.6 Å². The van der Waals surface area contributed by atoms with Gasteiger partial charge in [-0.3, -0.25) is 0 Å². The lowest BCUT2D eigenvalue weighted by Crippen LogP contribution is -2.25. The van der Waals surface area contributed by atoms with Gasteiger partial charge in [0, 0.05) is 5.57 Å². The van der Waals surface area contributed by atoms with E-state index in [1.165, 1.54) is 6.92 Å². The van der Waals surface area contributed by atoms with Gasteiger partial charge in [-0.2, -0.15) is 0 Å². The first-order chi connectivity index (χ1) is 12.5. The molecule has 146 valence electrons. The second-order valence-electron chi connectivity index (χ2n) is 6.29. The second-order valence-corrected chi connectivity index (χ2v) is 6.29. The zero-order valence-electron chi connectivity index (χ0n) is 16.3. The molecule has 0 amide bonds. The van der Waals surface area contributed by atoms with Crippen LogP contribution in [0.25, 0.3) is 0 Å². The van der Waals surface area contributed by atoms with E-state index >= 15 is 0 Å². The summed E-state index contributed by atoms with van der Waals surface area (Å²) >= 11 is 0. The van der Waals surface area contributed by atoms with Crippen LogP contribution in [0.3, 0.4) is 0 Å². The van der Waals surface area contributed by atoms with Crippen molar-refractivity contribution >= 4 is 11.9 Å². The van der Waals surface area contributed by atoms with Gasteiger partial charge in [-0.05, 0) is 45.4 Å². The molecule has 4 heteroatoms. The van der Waals surface area contributed by atoms with E-state index < -0.39 is 18.0 Å². The molecule has 26 heavy (non-hydrogen) atoms. The average molecular weight is 363 g/mol. The largest absolute Gasteiger partial charge is 0.388 e. The Balaban J connectivity index is 3.59. The summed E-state index contributed by atoms with van der Waals surface area (Å²) in [7, 11) is 0. The topological polar surface area (TPSA) is 63.6 Å². The highest BCUT2D eigenvalue weighted by atomic mass is 16.6. The van der Waals surface area contributed by atoms with Crippen LogP contribution >= 0.6 is 0 Å². The highest BCUT2D eigenvalue weighted by molar-refractivity contribution is 5.96. The summed E-state index contributed by atoms with van der Waals surface area (Å²) in [4.78, 5) is 22.7. The summed E-state index contributed by atoms with van der Waals surface area (Å²) in [5.74, 6) is -1.67. The van der Waals surface area contributed by atoms with Gasteiger partial charge in [-0.25, -0.2) is 9.59 Å². The molecule has 0 aromatic carbocycles. The van der Waals surface area contributed by atoms with E-state index in [9.17, 15) is 14.7 Å². The predicted molar refractivity (Wildman–Crippen MR) is 107 cm³/mol. The lowest BCUT2D eigenvalue weighted by Gasteiger charge is -2.09. The van der Waals surface area contributed by atoms with E-state index in [2.05, 4.69) is 54.7 Å². The van der Waals surface area contributed by atoms with Gasteiger partial charge in [0.05, 0.1) is 0 Å². The Morgan fingerprint density at radius 1 is 0.962 bits per heavy atom. The fourth-order valence-corrected chi connectivity index (χ4v) is 2.14. The summed E-state index contributed by atoms with van der Waals surface area (Å²) in [6.45, 7) is 6.98. The minimum absolute atomic E-state index is 0.141. The maximum Gasteiger partial charge on any atom is 0.342 e. The molecule has 0 radical (unpaired) electrons. The van der Waals surface area contributed by atoms with Gasteiger partial charge < -0.3 is 9.84 Å². The van der Waals surface area contributed by atoms with Crippen molar-refractivity contribution < 1.29 is 19.4 Å². The Kier molecular flexibility index (Phi) is 15.3. The first-order valence-electron chi connectivity index (χ1n) is 9.53. The van der Waals surface area contributed by atoms with E-state index in [-0.39, 0.29) is 5.57 Å². The van der Waals surface area contributed by atoms with E-state index in [0.717, 1.165) is 51.4 Å². The molecule has 1 atom stereocenters. The number of aliphatic hydroxyl groups is 1. The van der Waals surface area contributed by atoms with Crippen molar-refractivity contribution in [1.29, 1.82) is 0 Å². The number of rotatable bonds is 14. The molecule has 0 bridgehead atoms. The van der Waals surface area contributed by atoms with Crippen LogP contribution in [-0.2, 0) is 14.3 Å². The quantitative estimate of drug-likeness (QED) is 0.152. The van der Waals surface area contributed by atoms with E-state index in [0.29, 0.717) is 6.42 Å². The molecule has 0 rings (SSSR count). The van der Waals surface area contributed by atoms with Gasteiger partial charge >= 0.3 is 11.9 Å². The Labute approximate surface area is 158 Å². The number of aliphatic hydroxyl groups excluding tert-OH is 1. The summed E-state index contributed by atoms with van der Waals surface area (Å²) < 4.78 is 4.50. The summed E-state index contributed by atoms with van der Waals surface area (Å²) in [6, 6.07) is 0. The summed E-state index contributed by atoms with van der Waals surface area (Å²) in [5, 5.41) is 9.66. The van der Waals surface area contributed by atoms with Crippen LogP contribution in [0.5, 0.6) is 0 Å². The monoisotopic (exact) mass is 362 g/mol. The van der Waals surface area contributed by atoms with E-state index in [4.69, 9.17) is 0 Å². The SMILES string of the molecule is C=C(C)C(=O)OC(=O)C(O)CCCCCC/C=C\C/C=C\C/C=C\CC. The van der Waals surface area contributed by atoms with Gasteiger partial charge in [-0.15, -0.1) is 0 Å². The average Bonchev–Trinajstić information content (AvgIpc) is 2.61. The predicted octanol–water partition coefficient (Wildman–Crippen LogP) is 5.19. The Hall–Kier alpha value is -1.94. The molecule has 0 aromatic rings. The van der Waals surface area contributed by atoms with Crippen LogP contribution in [0.15, 0.2) is 48.6 Å². The number of allylic oxidation sites excluding steroid dienone is 6. The number of ether oxygens (including phenoxy) is 1. The molecular formula is C22H34O4. The fraction of sp³-hybridized carbons (Fsp3) is 0.545. The molecule has 0 fully saturated rings. The van der Waals surface area contributed by atoms with Crippen LogP contribution in [-0.4, -0.2) is 23.1 Å². The highest BCUT2D eigenvalue weighted by Crippen LogP contribution is 2.09. The van der Waals surface area contributed by atoms with Crippen LogP contribution in [0, 0.1) is 0 Å². The highest BCUT2D eigenvalue weighted by Gasteiger charge is 2.19. The van der Waals surface area contributed by atoms with E-state index in [1.807, 2.05) is 0 Å². The Bertz CT molecular complexity index is 500. The number of unbranched alkanes of at least 4 members (excludes halogenated alkanes) is 4. The second kappa shape index (κ2) is 16.5. The molecule has 0 saturated heterocycles. The molecule has 0 aliphatic rings. The first-order valence-corrected chi connectivity index (χ1v) is 9.53. The van der Waals surface area contributed by atoms with Gasteiger partial charge in [0.1, 0.15) is 0 Å². The zero-order valence-corrected chi connectivity index (χ0v) is 16.3. The van der Waals surface area contributed by atoms with Crippen molar-refractivity contribution in [3.63, 3.8) is 0 Å². The van der Waals surface area contributed by atoms with Crippen molar-refractivity contribution in [2.75, 3.05) is 0 Å². The maximum atomic E-state index is 11.5. The summed E-state index contributed by atoms with van der Waals surface area (Å²) in [6.07, 6.45) is 20.1. The fourth-order valence-electron chi connectivity index (χ4n) is 2.14. The number of carbonyl (C=O) groups excluding carboxylic acids is 2. The third kappa shape index (κ3) is 14.4. The van der Waals surface area contributed by atoms with Crippen molar-refractivity contribution in [3.8, 4) is 0 Å². The summed E-state index contributed by atoms with van der Waals surface area (Å²) in [5.41, 5.74) is 0.141. The standard InChI is InChI=1S/C22H34O4/c1-4-5-6-7-8-9-10-11-12-13-14-15-16-17-18-20(23)22(25)26-21(24)19(2)3/h5-6,8-9,11-12,20,23H,2,4,7,10,13-18H2,1,3H3/b6-5-,9-8-,12-11-. The van der Waals surface area contributed by atoms with Gasteiger partial charge in [0.2, 0.25) is 0 Å². The number of hydrogen-bond acceptors (Lipinski definition) is 4. The Morgan fingerprint density at radius 3 is 2.15 bits per heavy atom. The molecule has 0 heterocycles. The molecular weight excluding hydrogens is 328 g/mol. The number of esters is 2. The van der Waals surface area contributed by atoms with Crippen molar-refractivity contribution in [2.24, 2.45) is 0 Å². The minimum atomic E-state index is -1.24. The molecule has 1 N–H and O–H groups in total. The number of hydrogen-bond donors (Lipinski definition) is 1. The third-order valence-corrected chi connectivity index (χ3v) is 3.69.